The van der Waals surface area contributed by atoms with Crippen molar-refractivity contribution in [1.82, 2.24) is 14.9 Å². The van der Waals surface area contributed by atoms with E-state index in [2.05, 4.69) is 15.3 Å². The van der Waals surface area contributed by atoms with Crippen LogP contribution in [0.5, 0.6) is 0 Å². The largest absolute Gasteiger partial charge is 0.359 e. The second-order valence-corrected chi connectivity index (χ2v) is 4.84. The van der Waals surface area contributed by atoms with Gasteiger partial charge in [0.25, 0.3) is 0 Å². The summed E-state index contributed by atoms with van der Waals surface area (Å²) in [7, 11) is 0. The number of anilines is 1. The number of aromatic nitrogens is 2. The second-order valence-electron chi connectivity index (χ2n) is 4.84. The van der Waals surface area contributed by atoms with E-state index in [-0.39, 0.29) is 11.9 Å². The van der Waals surface area contributed by atoms with Crippen molar-refractivity contribution < 1.29 is 4.79 Å². The van der Waals surface area contributed by atoms with Gasteiger partial charge in [0.2, 0.25) is 5.91 Å². The van der Waals surface area contributed by atoms with Gasteiger partial charge in [0.15, 0.2) is 0 Å². The van der Waals surface area contributed by atoms with Crippen LogP contribution in [-0.4, -0.2) is 39.9 Å². The lowest BCUT2D eigenvalue weighted by molar-refractivity contribution is -0.130. The molecule has 5 heteroatoms. The third kappa shape index (κ3) is 2.97. The summed E-state index contributed by atoms with van der Waals surface area (Å²) in [5.74, 6) is 1.60. The van der Waals surface area contributed by atoms with Crippen LogP contribution in [0.25, 0.3) is 0 Å². The summed E-state index contributed by atoms with van der Waals surface area (Å²) in [6, 6.07) is 1.62. The number of nitrogens with zero attached hydrogens (tertiary/aromatic N) is 3. The molecule has 1 saturated heterocycles. The first-order chi connectivity index (χ1) is 8.56. The molecular weight excluding hydrogens is 228 g/mol. The molecule has 5 nitrogen and oxygen atoms in total. The second kappa shape index (κ2) is 5.33. The maximum Gasteiger partial charge on any atom is 0.244 e. The van der Waals surface area contributed by atoms with Gasteiger partial charge in [-0.25, -0.2) is 9.97 Å². The van der Waals surface area contributed by atoms with E-state index in [0.29, 0.717) is 0 Å². The maximum atomic E-state index is 12.1. The number of likely N-dealkylation sites (tertiary alicyclic amines) is 1. The van der Waals surface area contributed by atoms with E-state index in [1.165, 1.54) is 0 Å². The zero-order chi connectivity index (χ0) is 13.1. The molecule has 1 unspecified atom stereocenters. The zero-order valence-electron chi connectivity index (χ0n) is 11.2. The molecule has 1 aromatic rings. The highest BCUT2D eigenvalue weighted by Gasteiger charge is 2.23. The number of nitrogens with one attached hydrogen (secondary N) is 1. The molecule has 18 heavy (non-hydrogen) atoms. The van der Waals surface area contributed by atoms with Crippen LogP contribution >= 0.6 is 0 Å². The van der Waals surface area contributed by atoms with Crippen molar-refractivity contribution in [2.45, 2.75) is 39.7 Å². The Kier molecular flexibility index (Phi) is 3.79. The normalized spacial score (nSPS) is 16.7. The molecule has 2 heterocycles. The molecule has 0 aromatic carbocycles. The number of carbonyl (C=O) groups excluding carboxylic acids is 1. The fourth-order valence-electron chi connectivity index (χ4n) is 2.29. The Balaban J connectivity index is 2.01. The van der Waals surface area contributed by atoms with Gasteiger partial charge in [0.1, 0.15) is 17.7 Å². The minimum Gasteiger partial charge on any atom is -0.359 e. The average Bonchev–Trinajstić information content (AvgIpc) is 2.79. The topological polar surface area (TPSA) is 58.1 Å². The van der Waals surface area contributed by atoms with E-state index in [9.17, 15) is 4.79 Å². The Bertz CT molecular complexity index is 420. The average molecular weight is 248 g/mol. The van der Waals surface area contributed by atoms with Gasteiger partial charge in [-0.1, -0.05) is 0 Å². The Morgan fingerprint density at radius 2 is 2.00 bits per heavy atom. The first-order valence-electron chi connectivity index (χ1n) is 6.44. The number of carbonyl (C=O) groups is 1. The molecule has 0 bridgehead atoms. The minimum atomic E-state index is -0.239. The highest BCUT2D eigenvalue weighted by Crippen LogP contribution is 2.12. The lowest BCUT2D eigenvalue weighted by atomic mass is 10.3. The van der Waals surface area contributed by atoms with Crippen molar-refractivity contribution in [3.05, 3.63) is 17.6 Å². The summed E-state index contributed by atoms with van der Waals surface area (Å²) in [6.07, 6.45) is 2.23. The third-order valence-electron chi connectivity index (χ3n) is 3.12. The van der Waals surface area contributed by atoms with Crippen LogP contribution in [-0.2, 0) is 4.79 Å². The predicted molar refractivity (Wildman–Crippen MR) is 70.4 cm³/mol. The lowest BCUT2D eigenvalue weighted by Gasteiger charge is -2.21. The van der Waals surface area contributed by atoms with E-state index >= 15 is 0 Å². The van der Waals surface area contributed by atoms with E-state index < -0.39 is 0 Å². The van der Waals surface area contributed by atoms with Gasteiger partial charge in [-0.2, -0.15) is 0 Å². The van der Waals surface area contributed by atoms with Gasteiger partial charge >= 0.3 is 0 Å². The van der Waals surface area contributed by atoms with Crippen molar-refractivity contribution >= 4 is 11.7 Å². The Morgan fingerprint density at radius 3 is 2.61 bits per heavy atom. The van der Waals surface area contributed by atoms with Crippen molar-refractivity contribution in [1.29, 1.82) is 0 Å². The van der Waals surface area contributed by atoms with E-state index in [4.69, 9.17) is 0 Å². The van der Waals surface area contributed by atoms with Crippen LogP contribution in [0.2, 0.25) is 0 Å². The highest BCUT2D eigenvalue weighted by molar-refractivity contribution is 5.84. The lowest BCUT2D eigenvalue weighted by Crippen LogP contribution is -2.39. The molecule has 0 spiro atoms. The van der Waals surface area contributed by atoms with Crippen LogP contribution in [0, 0.1) is 13.8 Å². The van der Waals surface area contributed by atoms with E-state index in [1.807, 2.05) is 31.7 Å². The molecule has 0 saturated carbocycles. The van der Waals surface area contributed by atoms with Crippen LogP contribution in [0.3, 0.4) is 0 Å². The molecule has 1 amide bonds. The number of hydrogen-bond donors (Lipinski definition) is 1. The molecule has 0 aliphatic carbocycles. The van der Waals surface area contributed by atoms with Crippen LogP contribution in [0.4, 0.5) is 5.82 Å². The van der Waals surface area contributed by atoms with Gasteiger partial charge in [-0.3, -0.25) is 4.79 Å². The van der Waals surface area contributed by atoms with E-state index in [1.54, 1.807) is 0 Å². The molecule has 0 radical (unpaired) electrons. The molecule has 98 valence electrons. The molecule has 1 fully saturated rings. The van der Waals surface area contributed by atoms with Gasteiger partial charge in [0, 0.05) is 24.8 Å². The third-order valence-corrected chi connectivity index (χ3v) is 3.12. The zero-order valence-corrected chi connectivity index (χ0v) is 11.2. The minimum absolute atomic E-state index is 0.154. The Labute approximate surface area is 108 Å². The van der Waals surface area contributed by atoms with Crippen molar-refractivity contribution in [3.8, 4) is 0 Å². The number of rotatable bonds is 3. The van der Waals surface area contributed by atoms with Gasteiger partial charge < -0.3 is 10.2 Å². The maximum absolute atomic E-state index is 12.1. The fraction of sp³-hybridized carbons (Fsp3) is 0.615. The first-order valence-corrected chi connectivity index (χ1v) is 6.44. The quantitative estimate of drug-likeness (QED) is 0.881. The Morgan fingerprint density at radius 1 is 1.33 bits per heavy atom. The first kappa shape index (κ1) is 12.8. The monoisotopic (exact) mass is 248 g/mol. The molecular formula is C13H20N4O. The molecule has 1 aliphatic heterocycles. The van der Waals surface area contributed by atoms with Crippen molar-refractivity contribution in [3.63, 3.8) is 0 Å². The summed E-state index contributed by atoms with van der Waals surface area (Å²) in [5.41, 5.74) is 0.908. The standard InChI is InChI=1S/C13H20N4O/c1-9-8-12(16-11(3)14-9)15-10(2)13(18)17-6-4-5-7-17/h8,10H,4-7H2,1-3H3,(H,14,15,16). The summed E-state index contributed by atoms with van der Waals surface area (Å²) in [5, 5.41) is 3.16. The number of aryl methyl sites for hydroxylation is 2. The van der Waals surface area contributed by atoms with Gasteiger partial charge in [0.05, 0.1) is 0 Å². The summed E-state index contributed by atoms with van der Waals surface area (Å²) in [4.78, 5) is 22.6. The molecule has 1 aliphatic rings. The van der Waals surface area contributed by atoms with Crippen LogP contribution in [0.1, 0.15) is 31.3 Å². The van der Waals surface area contributed by atoms with Gasteiger partial charge in [-0.15, -0.1) is 0 Å². The number of amides is 1. The van der Waals surface area contributed by atoms with Crippen molar-refractivity contribution in [2.24, 2.45) is 0 Å². The summed E-state index contributed by atoms with van der Waals surface area (Å²) in [6.45, 7) is 7.42. The fourth-order valence-corrected chi connectivity index (χ4v) is 2.29. The van der Waals surface area contributed by atoms with Crippen LogP contribution < -0.4 is 5.32 Å². The smallest absolute Gasteiger partial charge is 0.244 e. The summed E-state index contributed by atoms with van der Waals surface area (Å²) >= 11 is 0. The van der Waals surface area contributed by atoms with Crippen LogP contribution in [0.15, 0.2) is 6.07 Å². The number of hydrogen-bond acceptors (Lipinski definition) is 4. The molecule has 1 N–H and O–H groups in total. The molecule has 1 atom stereocenters. The van der Waals surface area contributed by atoms with E-state index in [0.717, 1.165) is 43.3 Å². The summed E-state index contributed by atoms with van der Waals surface area (Å²) < 4.78 is 0. The SMILES string of the molecule is Cc1cc(NC(C)C(=O)N2CCCC2)nc(C)n1. The molecule has 2 rings (SSSR count). The molecule has 1 aromatic heterocycles. The Hall–Kier alpha value is -1.65. The van der Waals surface area contributed by atoms with Crippen molar-refractivity contribution in [2.75, 3.05) is 18.4 Å². The predicted octanol–water partition coefficient (Wildman–Crippen LogP) is 1.52. The van der Waals surface area contributed by atoms with Gasteiger partial charge in [-0.05, 0) is 33.6 Å². The highest BCUT2D eigenvalue weighted by atomic mass is 16.2.